The van der Waals surface area contributed by atoms with Crippen molar-refractivity contribution < 1.29 is 8.42 Å². The van der Waals surface area contributed by atoms with Crippen molar-refractivity contribution in [2.75, 3.05) is 17.0 Å². The van der Waals surface area contributed by atoms with E-state index >= 15 is 0 Å². The number of aromatic nitrogens is 1. The van der Waals surface area contributed by atoms with Crippen molar-refractivity contribution >= 4 is 31.6 Å². The Bertz CT molecular complexity index is 477. The van der Waals surface area contributed by atoms with E-state index in [1.807, 2.05) is 13.8 Å². The van der Waals surface area contributed by atoms with Gasteiger partial charge in [-0.25, -0.2) is 8.42 Å². The van der Waals surface area contributed by atoms with E-state index in [-0.39, 0.29) is 5.75 Å². The van der Waals surface area contributed by atoms with E-state index in [2.05, 4.69) is 31.0 Å². The van der Waals surface area contributed by atoms with E-state index in [4.69, 9.17) is 0 Å². The number of hydrogen-bond acceptors (Lipinski definition) is 4. The van der Waals surface area contributed by atoms with E-state index in [0.717, 1.165) is 0 Å². The summed E-state index contributed by atoms with van der Waals surface area (Å²) in [6, 6.07) is 1.99. The summed E-state index contributed by atoms with van der Waals surface area (Å²) in [7, 11) is -3.30. The van der Waals surface area contributed by atoms with E-state index in [0.29, 0.717) is 29.2 Å². The quantitative estimate of drug-likeness (QED) is 0.747. The third kappa shape index (κ3) is 5.79. The first-order valence-electron chi connectivity index (χ1n) is 5.74. The zero-order valence-corrected chi connectivity index (χ0v) is 12.9. The predicted octanol–water partition coefficient (Wildman–Crippen LogP) is 1.97. The predicted molar refractivity (Wildman–Crippen MR) is 77.1 cm³/mol. The topological polar surface area (TPSA) is 71.1 Å². The summed E-state index contributed by atoms with van der Waals surface area (Å²) < 4.78 is 26.8. The van der Waals surface area contributed by atoms with Gasteiger partial charge in [-0.2, -0.15) is 0 Å². The molecule has 0 atom stereocenters. The zero-order valence-electron chi connectivity index (χ0n) is 10.5. The van der Waals surface area contributed by atoms with Crippen LogP contribution in [0, 0.1) is 0 Å². The summed E-state index contributed by atoms with van der Waals surface area (Å²) in [5.74, 6) is 0.0987. The Morgan fingerprint density at radius 2 is 2.17 bits per heavy atom. The number of rotatable bonds is 7. The van der Waals surface area contributed by atoms with Crippen molar-refractivity contribution in [3.05, 3.63) is 22.9 Å². The van der Waals surface area contributed by atoms with Gasteiger partial charge in [0.05, 0.1) is 15.9 Å². The molecule has 0 aliphatic carbocycles. The molecule has 1 aromatic rings. The molecule has 0 aromatic carbocycles. The average molecular weight is 336 g/mol. The molecule has 102 valence electrons. The van der Waals surface area contributed by atoms with Gasteiger partial charge in [-0.05, 0) is 35.0 Å². The minimum atomic E-state index is -3.30. The van der Waals surface area contributed by atoms with Crippen LogP contribution in [0.3, 0.4) is 0 Å². The third-order valence-corrected chi connectivity index (χ3v) is 4.17. The maximum atomic E-state index is 11.8. The first-order chi connectivity index (χ1) is 8.41. The molecule has 1 aromatic heterocycles. The number of anilines is 1. The lowest BCUT2D eigenvalue weighted by Crippen LogP contribution is -2.26. The first kappa shape index (κ1) is 15.4. The van der Waals surface area contributed by atoms with Gasteiger partial charge in [-0.3, -0.25) is 9.71 Å². The molecule has 5 nitrogen and oxygen atoms in total. The molecule has 7 heteroatoms. The van der Waals surface area contributed by atoms with Gasteiger partial charge in [0, 0.05) is 18.4 Å². The molecule has 0 bridgehead atoms. The minimum Gasteiger partial charge on any atom is -0.314 e. The van der Waals surface area contributed by atoms with Crippen LogP contribution < -0.4 is 10.0 Å². The van der Waals surface area contributed by atoms with E-state index in [9.17, 15) is 8.42 Å². The first-order valence-corrected chi connectivity index (χ1v) is 8.18. The Balaban J connectivity index is 2.48. The lowest BCUT2D eigenvalue weighted by atomic mass is 10.4. The lowest BCUT2D eigenvalue weighted by molar-refractivity contribution is 0.571. The largest absolute Gasteiger partial charge is 0.314 e. The van der Waals surface area contributed by atoms with E-state index < -0.39 is 10.0 Å². The lowest BCUT2D eigenvalue weighted by Gasteiger charge is -2.10. The summed E-state index contributed by atoms with van der Waals surface area (Å²) in [4.78, 5) is 3.88. The number of sulfonamides is 1. The van der Waals surface area contributed by atoms with Crippen molar-refractivity contribution in [2.24, 2.45) is 0 Å². The second-order valence-corrected chi connectivity index (χ2v) is 6.94. The number of nitrogens with zero attached hydrogens (tertiary/aromatic N) is 1. The number of pyridine rings is 1. The van der Waals surface area contributed by atoms with Gasteiger partial charge < -0.3 is 5.32 Å². The number of halogens is 1. The SMILES string of the molecule is CC(C)NCCCS(=O)(=O)Nc1ccncc1Br. The summed E-state index contributed by atoms with van der Waals surface area (Å²) in [6.45, 7) is 4.75. The number of nitrogens with one attached hydrogen (secondary N) is 2. The highest BCUT2D eigenvalue weighted by atomic mass is 79.9. The van der Waals surface area contributed by atoms with Gasteiger partial charge >= 0.3 is 0 Å². The molecule has 0 aliphatic heterocycles. The standard InChI is InChI=1S/C11H18BrN3O2S/c1-9(2)14-5-3-7-18(16,17)15-11-4-6-13-8-10(11)12/h4,6,8-9,14H,3,5,7H2,1-2H3,(H,13,15). The Morgan fingerprint density at radius 1 is 1.44 bits per heavy atom. The monoisotopic (exact) mass is 335 g/mol. The molecule has 0 aliphatic rings. The molecule has 0 saturated heterocycles. The van der Waals surface area contributed by atoms with Gasteiger partial charge in [0.15, 0.2) is 0 Å². The Labute approximate surface area is 117 Å². The van der Waals surface area contributed by atoms with Gasteiger partial charge in [0.1, 0.15) is 0 Å². The third-order valence-electron chi connectivity index (χ3n) is 2.18. The summed E-state index contributed by atoms with van der Waals surface area (Å²) in [5.41, 5.74) is 0.516. The summed E-state index contributed by atoms with van der Waals surface area (Å²) >= 11 is 3.25. The van der Waals surface area contributed by atoms with Gasteiger partial charge in [0.25, 0.3) is 0 Å². The van der Waals surface area contributed by atoms with Crippen LogP contribution in [0.2, 0.25) is 0 Å². The van der Waals surface area contributed by atoms with Crippen LogP contribution in [0.1, 0.15) is 20.3 Å². The van der Waals surface area contributed by atoms with Crippen LogP contribution in [0.25, 0.3) is 0 Å². The number of hydrogen-bond donors (Lipinski definition) is 2. The van der Waals surface area contributed by atoms with Crippen LogP contribution in [0.4, 0.5) is 5.69 Å². The van der Waals surface area contributed by atoms with Crippen molar-refractivity contribution in [2.45, 2.75) is 26.3 Å². The highest BCUT2D eigenvalue weighted by Gasteiger charge is 2.11. The highest BCUT2D eigenvalue weighted by Crippen LogP contribution is 2.21. The van der Waals surface area contributed by atoms with E-state index in [1.54, 1.807) is 18.5 Å². The molecule has 0 unspecified atom stereocenters. The fourth-order valence-electron chi connectivity index (χ4n) is 1.33. The molecule has 0 saturated carbocycles. The van der Waals surface area contributed by atoms with Crippen LogP contribution >= 0.6 is 15.9 Å². The molecule has 2 N–H and O–H groups in total. The molecular weight excluding hydrogens is 318 g/mol. The van der Waals surface area contributed by atoms with Crippen molar-refractivity contribution in [1.29, 1.82) is 0 Å². The molecule has 0 spiro atoms. The van der Waals surface area contributed by atoms with Crippen molar-refractivity contribution in [1.82, 2.24) is 10.3 Å². The molecule has 0 amide bonds. The van der Waals surface area contributed by atoms with Crippen LogP contribution in [-0.2, 0) is 10.0 Å². The molecule has 1 rings (SSSR count). The molecular formula is C11H18BrN3O2S. The summed E-state index contributed by atoms with van der Waals surface area (Å²) in [5, 5.41) is 3.18. The van der Waals surface area contributed by atoms with Crippen molar-refractivity contribution in [3.63, 3.8) is 0 Å². The summed E-state index contributed by atoms with van der Waals surface area (Å²) in [6.07, 6.45) is 3.68. The average Bonchev–Trinajstić information content (AvgIpc) is 2.27. The zero-order chi connectivity index (χ0) is 13.6. The minimum absolute atomic E-state index is 0.0987. The second-order valence-electron chi connectivity index (χ2n) is 4.24. The molecule has 18 heavy (non-hydrogen) atoms. The van der Waals surface area contributed by atoms with Gasteiger partial charge in [0.2, 0.25) is 10.0 Å². The molecule has 1 heterocycles. The normalized spacial score (nSPS) is 11.8. The van der Waals surface area contributed by atoms with Crippen molar-refractivity contribution in [3.8, 4) is 0 Å². The maximum absolute atomic E-state index is 11.8. The van der Waals surface area contributed by atoms with Crippen LogP contribution in [0.5, 0.6) is 0 Å². The Kier molecular flexibility index (Phi) is 6.04. The van der Waals surface area contributed by atoms with Gasteiger partial charge in [-0.15, -0.1) is 0 Å². The fourth-order valence-corrected chi connectivity index (χ4v) is 2.95. The Morgan fingerprint density at radius 3 is 2.78 bits per heavy atom. The Hall–Kier alpha value is -0.660. The highest BCUT2D eigenvalue weighted by molar-refractivity contribution is 9.10. The van der Waals surface area contributed by atoms with E-state index in [1.165, 1.54) is 0 Å². The maximum Gasteiger partial charge on any atom is 0.232 e. The van der Waals surface area contributed by atoms with Crippen LogP contribution in [0.15, 0.2) is 22.9 Å². The second kappa shape index (κ2) is 7.06. The van der Waals surface area contributed by atoms with Crippen LogP contribution in [-0.4, -0.2) is 31.7 Å². The smallest absolute Gasteiger partial charge is 0.232 e. The molecule has 0 radical (unpaired) electrons. The molecule has 0 fully saturated rings. The van der Waals surface area contributed by atoms with Gasteiger partial charge in [-0.1, -0.05) is 13.8 Å². The fraction of sp³-hybridized carbons (Fsp3) is 0.545.